The minimum absolute atomic E-state index is 0.279. The van der Waals surface area contributed by atoms with Crippen molar-refractivity contribution in [3.8, 4) is 0 Å². The molecule has 2 aromatic rings. The van der Waals surface area contributed by atoms with Crippen LogP contribution in [0.5, 0.6) is 0 Å². The molecule has 1 atom stereocenters. The molecule has 2 N–H and O–H groups in total. The maximum Gasteiger partial charge on any atom is 0.0526 e. The van der Waals surface area contributed by atoms with Gasteiger partial charge in [0.05, 0.1) is 5.52 Å². The third kappa shape index (κ3) is 2.23. The Morgan fingerprint density at radius 3 is 2.95 bits per heavy atom. The van der Waals surface area contributed by atoms with Crippen LogP contribution in [0.25, 0.3) is 10.9 Å². The van der Waals surface area contributed by atoms with Gasteiger partial charge >= 0.3 is 0 Å². The molecule has 1 aliphatic rings. The van der Waals surface area contributed by atoms with Gasteiger partial charge in [0.15, 0.2) is 0 Å². The lowest BCUT2D eigenvalue weighted by atomic mass is 9.97. The zero-order valence-electron chi connectivity index (χ0n) is 11.7. The van der Waals surface area contributed by atoms with E-state index in [0.29, 0.717) is 0 Å². The molecule has 0 amide bonds. The topological polar surface area (TPSA) is 30.9 Å². The highest BCUT2D eigenvalue weighted by Gasteiger charge is 2.19. The molecule has 0 saturated carbocycles. The Balaban J connectivity index is 2.12. The third-order valence-electron chi connectivity index (χ3n) is 4.19. The average Bonchev–Trinajstić information content (AvgIpc) is 2.64. The van der Waals surface area contributed by atoms with Gasteiger partial charge in [-0.15, -0.1) is 0 Å². The summed E-state index contributed by atoms with van der Waals surface area (Å²) in [4.78, 5) is 0. The summed E-state index contributed by atoms with van der Waals surface area (Å²) in [6, 6.07) is 5.02. The number of benzene rings is 1. The summed E-state index contributed by atoms with van der Waals surface area (Å²) in [5, 5.41) is 1.38. The summed E-state index contributed by atoms with van der Waals surface area (Å²) < 4.78 is 3.74. The fraction of sp³-hybridized carbons (Fsp3) is 0.500. The van der Waals surface area contributed by atoms with Gasteiger partial charge in [0.1, 0.15) is 0 Å². The molecule has 0 aliphatic carbocycles. The van der Waals surface area contributed by atoms with Crippen molar-refractivity contribution in [1.82, 2.24) is 4.57 Å². The number of aromatic nitrogens is 1. The lowest BCUT2D eigenvalue weighted by molar-refractivity contribution is 0.621. The van der Waals surface area contributed by atoms with Crippen molar-refractivity contribution in [1.29, 1.82) is 0 Å². The number of rotatable bonds is 3. The largest absolute Gasteiger partial charge is 0.343 e. The van der Waals surface area contributed by atoms with Crippen molar-refractivity contribution in [2.45, 2.75) is 52.1 Å². The first-order valence-corrected chi connectivity index (χ1v) is 7.93. The van der Waals surface area contributed by atoms with Crippen molar-refractivity contribution >= 4 is 26.8 Å². The van der Waals surface area contributed by atoms with E-state index in [1.165, 1.54) is 45.0 Å². The maximum absolute atomic E-state index is 5.88. The first kappa shape index (κ1) is 13.2. The average molecular weight is 321 g/mol. The molecule has 19 heavy (non-hydrogen) atoms. The molecule has 0 bridgehead atoms. The van der Waals surface area contributed by atoms with Crippen molar-refractivity contribution in [2.24, 2.45) is 5.73 Å². The Morgan fingerprint density at radius 1 is 1.42 bits per heavy atom. The highest BCUT2D eigenvalue weighted by atomic mass is 79.9. The van der Waals surface area contributed by atoms with Crippen LogP contribution in [0.1, 0.15) is 36.6 Å². The van der Waals surface area contributed by atoms with E-state index in [1.807, 2.05) is 0 Å². The van der Waals surface area contributed by atoms with E-state index >= 15 is 0 Å². The SMILES string of the molecule is Cc1c(Br)c2cc(CCC(C)N)cc3c2n1CCC3. The van der Waals surface area contributed by atoms with Crippen LogP contribution in [0.3, 0.4) is 0 Å². The van der Waals surface area contributed by atoms with E-state index in [2.05, 4.69) is 46.5 Å². The molecule has 0 spiro atoms. The zero-order chi connectivity index (χ0) is 13.6. The minimum Gasteiger partial charge on any atom is -0.343 e. The normalized spacial score (nSPS) is 16.0. The summed E-state index contributed by atoms with van der Waals surface area (Å²) in [5.74, 6) is 0. The Labute approximate surface area is 123 Å². The van der Waals surface area contributed by atoms with Gasteiger partial charge in [0, 0.05) is 28.1 Å². The number of hydrogen-bond acceptors (Lipinski definition) is 1. The molecule has 102 valence electrons. The molecule has 0 radical (unpaired) electrons. The fourth-order valence-electron chi connectivity index (χ4n) is 3.16. The van der Waals surface area contributed by atoms with Crippen LogP contribution in [-0.4, -0.2) is 10.6 Å². The first-order chi connectivity index (χ1) is 9.08. The van der Waals surface area contributed by atoms with Crippen LogP contribution in [0, 0.1) is 6.92 Å². The number of hydrogen-bond donors (Lipinski definition) is 1. The smallest absolute Gasteiger partial charge is 0.0526 e. The van der Waals surface area contributed by atoms with E-state index in [0.717, 1.165) is 19.4 Å². The molecule has 0 saturated heterocycles. The number of aryl methyl sites for hydroxylation is 3. The van der Waals surface area contributed by atoms with Gasteiger partial charge in [-0.1, -0.05) is 6.07 Å². The molecular weight excluding hydrogens is 300 g/mol. The lowest BCUT2D eigenvalue weighted by Crippen LogP contribution is -2.15. The van der Waals surface area contributed by atoms with Crippen LogP contribution in [0.4, 0.5) is 0 Å². The highest BCUT2D eigenvalue weighted by Crippen LogP contribution is 2.36. The number of nitrogens with zero attached hydrogens (tertiary/aromatic N) is 1. The van der Waals surface area contributed by atoms with Gasteiger partial charge in [0.25, 0.3) is 0 Å². The highest BCUT2D eigenvalue weighted by molar-refractivity contribution is 9.10. The van der Waals surface area contributed by atoms with Crippen LogP contribution in [0.2, 0.25) is 0 Å². The van der Waals surface area contributed by atoms with Crippen LogP contribution < -0.4 is 5.73 Å². The van der Waals surface area contributed by atoms with Gasteiger partial charge in [-0.3, -0.25) is 0 Å². The number of nitrogens with two attached hydrogens (primary N) is 1. The monoisotopic (exact) mass is 320 g/mol. The second kappa shape index (κ2) is 4.95. The van der Waals surface area contributed by atoms with Crippen molar-refractivity contribution < 1.29 is 0 Å². The zero-order valence-corrected chi connectivity index (χ0v) is 13.3. The van der Waals surface area contributed by atoms with Crippen LogP contribution in [0.15, 0.2) is 16.6 Å². The van der Waals surface area contributed by atoms with Crippen molar-refractivity contribution in [2.75, 3.05) is 0 Å². The van der Waals surface area contributed by atoms with Gasteiger partial charge in [-0.2, -0.15) is 0 Å². The second-order valence-electron chi connectivity index (χ2n) is 5.82. The van der Waals surface area contributed by atoms with E-state index < -0.39 is 0 Å². The predicted molar refractivity (Wildman–Crippen MR) is 84.7 cm³/mol. The van der Waals surface area contributed by atoms with E-state index in [4.69, 9.17) is 5.73 Å². The van der Waals surface area contributed by atoms with Gasteiger partial charge in [0.2, 0.25) is 0 Å². The standard InChI is InChI=1S/C16H21BrN2/c1-10(18)5-6-12-8-13-4-3-7-19-11(2)15(17)14(9-12)16(13)19/h8-10H,3-7,18H2,1-2H3. The van der Waals surface area contributed by atoms with Gasteiger partial charge in [-0.05, 0) is 72.7 Å². The third-order valence-corrected chi connectivity index (χ3v) is 5.19. The Morgan fingerprint density at radius 2 is 2.21 bits per heavy atom. The molecule has 0 fully saturated rings. The molecule has 2 heterocycles. The molecule has 1 unspecified atom stereocenters. The number of halogens is 1. The predicted octanol–water partition coefficient (Wildman–Crippen LogP) is 3.94. The van der Waals surface area contributed by atoms with Crippen LogP contribution in [-0.2, 0) is 19.4 Å². The van der Waals surface area contributed by atoms with Gasteiger partial charge < -0.3 is 10.3 Å². The van der Waals surface area contributed by atoms with E-state index in [1.54, 1.807) is 0 Å². The van der Waals surface area contributed by atoms with Crippen LogP contribution >= 0.6 is 15.9 Å². The molecule has 2 nitrogen and oxygen atoms in total. The van der Waals surface area contributed by atoms with E-state index in [-0.39, 0.29) is 6.04 Å². The first-order valence-electron chi connectivity index (χ1n) is 7.13. The summed E-state index contributed by atoms with van der Waals surface area (Å²) in [6.07, 6.45) is 4.60. The Kier molecular flexibility index (Phi) is 3.44. The summed E-state index contributed by atoms with van der Waals surface area (Å²) in [5.41, 5.74) is 11.6. The molecule has 1 aromatic heterocycles. The Bertz CT molecular complexity index is 625. The van der Waals surface area contributed by atoms with Crippen molar-refractivity contribution in [3.05, 3.63) is 33.4 Å². The molecule has 1 aliphatic heterocycles. The lowest BCUT2D eigenvalue weighted by Gasteiger charge is -2.18. The van der Waals surface area contributed by atoms with Crippen molar-refractivity contribution in [3.63, 3.8) is 0 Å². The van der Waals surface area contributed by atoms with Gasteiger partial charge in [-0.25, -0.2) is 0 Å². The summed E-state index contributed by atoms with van der Waals surface area (Å²) in [6.45, 7) is 5.44. The fourth-order valence-corrected chi connectivity index (χ4v) is 3.68. The maximum atomic E-state index is 5.88. The summed E-state index contributed by atoms with van der Waals surface area (Å²) >= 11 is 3.77. The minimum atomic E-state index is 0.279. The molecular formula is C16H21BrN2. The second-order valence-corrected chi connectivity index (χ2v) is 6.61. The molecule has 1 aromatic carbocycles. The van der Waals surface area contributed by atoms with E-state index in [9.17, 15) is 0 Å². The Hall–Kier alpha value is -0.800. The molecule has 3 heteroatoms. The molecule has 3 rings (SSSR count). The quantitative estimate of drug-likeness (QED) is 0.912. The summed E-state index contributed by atoms with van der Waals surface area (Å²) in [7, 11) is 0.